The quantitative estimate of drug-likeness (QED) is 0.444. The smallest absolute Gasteiger partial charge is 0.101 e. The van der Waals surface area contributed by atoms with Crippen LogP contribution in [0.2, 0.25) is 0 Å². The standard InChI is InChI=1S/C9H8N2/c10-6-9(7-11)8-4-2-1-3-5-8/h2-6,10H,1H2. The molecule has 1 rings (SSSR count). The van der Waals surface area contributed by atoms with E-state index in [9.17, 15) is 0 Å². The molecule has 54 valence electrons. The average Bonchev–Trinajstić information content (AvgIpc) is 2.09. The van der Waals surface area contributed by atoms with Gasteiger partial charge < -0.3 is 5.41 Å². The van der Waals surface area contributed by atoms with Crippen molar-refractivity contribution in [3.8, 4) is 6.07 Å². The number of nitrogens with zero attached hydrogens (tertiary/aromatic N) is 1. The molecular formula is C9H8N2. The molecule has 0 aromatic carbocycles. The van der Waals surface area contributed by atoms with E-state index in [-0.39, 0.29) is 0 Å². The molecule has 11 heavy (non-hydrogen) atoms. The van der Waals surface area contributed by atoms with E-state index in [0.717, 1.165) is 18.2 Å². The van der Waals surface area contributed by atoms with E-state index in [0.29, 0.717) is 5.57 Å². The summed E-state index contributed by atoms with van der Waals surface area (Å²) in [6, 6.07) is 1.96. The van der Waals surface area contributed by atoms with Crippen molar-refractivity contribution in [1.29, 1.82) is 10.7 Å². The highest BCUT2D eigenvalue weighted by atomic mass is 14.3. The van der Waals surface area contributed by atoms with Gasteiger partial charge in [-0.15, -0.1) is 0 Å². The van der Waals surface area contributed by atoms with Crippen LogP contribution >= 0.6 is 0 Å². The lowest BCUT2D eigenvalue weighted by molar-refractivity contribution is 1.33. The average molecular weight is 144 g/mol. The second-order valence-electron chi connectivity index (χ2n) is 2.17. The Labute approximate surface area is 65.7 Å². The first-order valence-corrected chi connectivity index (χ1v) is 3.36. The molecule has 0 spiro atoms. The van der Waals surface area contributed by atoms with Crippen molar-refractivity contribution in [2.24, 2.45) is 0 Å². The van der Waals surface area contributed by atoms with E-state index in [1.165, 1.54) is 0 Å². The summed E-state index contributed by atoms with van der Waals surface area (Å²) in [7, 11) is 0. The molecule has 0 amide bonds. The Morgan fingerprint density at radius 2 is 2.18 bits per heavy atom. The topological polar surface area (TPSA) is 47.6 Å². The lowest BCUT2D eigenvalue weighted by atomic mass is 10.1. The number of hydrogen-bond donors (Lipinski definition) is 1. The van der Waals surface area contributed by atoms with Crippen LogP contribution in [0.3, 0.4) is 0 Å². The molecule has 0 saturated carbocycles. The SMILES string of the molecule is N#CC(C=N)=C1C=CCC=C1. The van der Waals surface area contributed by atoms with E-state index in [1.54, 1.807) is 0 Å². The van der Waals surface area contributed by atoms with Gasteiger partial charge in [0, 0.05) is 6.21 Å². The zero-order chi connectivity index (χ0) is 8.10. The second kappa shape index (κ2) is 3.52. The summed E-state index contributed by atoms with van der Waals surface area (Å²) in [6.45, 7) is 0. The van der Waals surface area contributed by atoms with E-state index in [1.807, 2.05) is 30.4 Å². The van der Waals surface area contributed by atoms with Crippen LogP contribution in [0.4, 0.5) is 0 Å². The molecular weight excluding hydrogens is 136 g/mol. The second-order valence-corrected chi connectivity index (χ2v) is 2.17. The van der Waals surface area contributed by atoms with E-state index in [2.05, 4.69) is 0 Å². The lowest BCUT2D eigenvalue weighted by Crippen LogP contribution is -1.87. The molecule has 0 aromatic heterocycles. The maximum Gasteiger partial charge on any atom is 0.101 e. The van der Waals surface area contributed by atoms with Gasteiger partial charge in [-0.2, -0.15) is 5.26 Å². The highest BCUT2D eigenvalue weighted by molar-refractivity contribution is 5.84. The summed E-state index contributed by atoms with van der Waals surface area (Å²) in [5, 5.41) is 15.5. The summed E-state index contributed by atoms with van der Waals surface area (Å²) in [5.41, 5.74) is 1.24. The van der Waals surface area contributed by atoms with Gasteiger partial charge in [0.25, 0.3) is 0 Å². The van der Waals surface area contributed by atoms with Crippen LogP contribution in [0.1, 0.15) is 6.42 Å². The van der Waals surface area contributed by atoms with Crippen LogP contribution < -0.4 is 0 Å². The van der Waals surface area contributed by atoms with Crippen molar-refractivity contribution in [3.63, 3.8) is 0 Å². The molecule has 1 N–H and O–H groups in total. The van der Waals surface area contributed by atoms with Crippen LogP contribution in [0.25, 0.3) is 0 Å². The Morgan fingerprint density at radius 3 is 2.64 bits per heavy atom. The van der Waals surface area contributed by atoms with Crippen LogP contribution in [0.5, 0.6) is 0 Å². The van der Waals surface area contributed by atoms with Gasteiger partial charge in [0.05, 0.1) is 5.57 Å². The Morgan fingerprint density at radius 1 is 1.55 bits per heavy atom. The molecule has 2 heteroatoms. The molecule has 0 aliphatic heterocycles. The van der Waals surface area contributed by atoms with Gasteiger partial charge in [-0.3, -0.25) is 0 Å². The number of rotatable bonds is 1. The van der Waals surface area contributed by atoms with Gasteiger partial charge in [-0.1, -0.05) is 24.3 Å². The van der Waals surface area contributed by atoms with Crippen molar-refractivity contribution >= 4 is 6.21 Å². The molecule has 1 aliphatic rings. The van der Waals surface area contributed by atoms with Gasteiger partial charge in [-0.05, 0) is 12.0 Å². The predicted molar refractivity (Wildman–Crippen MR) is 44.3 cm³/mol. The number of allylic oxidation sites excluding steroid dienone is 6. The maximum absolute atomic E-state index is 8.55. The summed E-state index contributed by atoms with van der Waals surface area (Å²) in [5.74, 6) is 0. The molecule has 1 aliphatic carbocycles. The fourth-order valence-electron chi connectivity index (χ4n) is 0.884. The van der Waals surface area contributed by atoms with Gasteiger partial charge in [0.15, 0.2) is 0 Å². The molecule has 0 heterocycles. The highest BCUT2D eigenvalue weighted by Gasteiger charge is 1.98. The first kappa shape index (κ1) is 7.49. The minimum Gasteiger partial charge on any atom is -0.307 e. The third-order valence-electron chi connectivity index (χ3n) is 1.44. The van der Waals surface area contributed by atoms with E-state index >= 15 is 0 Å². The number of nitrogens with one attached hydrogen (secondary N) is 1. The third kappa shape index (κ3) is 1.65. The lowest BCUT2D eigenvalue weighted by Gasteiger charge is -1.99. The molecule has 0 saturated heterocycles. The van der Waals surface area contributed by atoms with Crippen LogP contribution in [0, 0.1) is 16.7 Å². The first-order chi connectivity index (χ1) is 5.38. The zero-order valence-electron chi connectivity index (χ0n) is 6.04. The summed E-state index contributed by atoms with van der Waals surface area (Å²) < 4.78 is 0. The Kier molecular flexibility index (Phi) is 2.40. The van der Waals surface area contributed by atoms with Crippen molar-refractivity contribution in [3.05, 3.63) is 35.5 Å². The molecule has 2 nitrogen and oxygen atoms in total. The zero-order valence-corrected chi connectivity index (χ0v) is 6.04. The minimum absolute atomic E-state index is 0.414. The van der Waals surface area contributed by atoms with Gasteiger partial charge in [0.1, 0.15) is 6.07 Å². The predicted octanol–water partition coefficient (Wildman–Crippen LogP) is 1.97. The Hall–Kier alpha value is -1.62. The summed E-state index contributed by atoms with van der Waals surface area (Å²) in [4.78, 5) is 0. The third-order valence-corrected chi connectivity index (χ3v) is 1.44. The molecule has 0 aromatic rings. The monoisotopic (exact) mass is 144 g/mol. The maximum atomic E-state index is 8.55. The largest absolute Gasteiger partial charge is 0.307 e. The Bertz CT molecular complexity index is 273. The first-order valence-electron chi connectivity index (χ1n) is 3.36. The highest BCUT2D eigenvalue weighted by Crippen LogP contribution is 2.11. The number of hydrogen-bond acceptors (Lipinski definition) is 2. The van der Waals surface area contributed by atoms with Gasteiger partial charge in [-0.25, -0.2) is 0 Å². The summed E-state index contributed by atoms with van der Waals surface area (Å²) >= 11 is 0. The van der Waals surface area contributed by atoms with E-state index in [4.69, 9.17) is 10.7 Å². The van der Waals surface area contributed by atoms with Crippen molar-refractivity contribution in [2.45, 2.75) is 6.42 Å². The number of nitriles is 1. The molecule has 0 unspecified atom stereocenters. The van der Waals surface area contributed by atoms with Crippen molar-refractivity contribution in [1.82, 2.24) is 0 Å². The molecule has 0 bridgehead atoms. The van der Waals surface area contributed by atoms with Crippen molar-refractivity contribution < 1.29 is 0 Å². The van der Waals surface area contributed by atoms with Crippen LogP contribution in [-0.2, 0) is 0 Å². The molecule has 0 atom stereocenters. The van der Waals surface area contributed by atoms with Gasteiger partial charge >= 0.3 is 0 Å². The summed E-state index contributed by atoms with van der Waals surface area (Å²) in [6.07, 6.45) is 9.66. The molecule has 0 fully saturated rings. The van der Waals surface area contributed by atoms with Crippen molar-refractivity contribution in [2.75, 3.05) is 0 Å². The Balaban J connectivity index is 3.02. The fraction of sp³-hybridized carbons (Fsp3) is 0.111. The van der Waals surface area contributed by atoms with Crippen LogP contribution in [-0.4, -0.2) is 6.21 Å². The van der Waals surface area contributed by atoms with Crippen LogP contribution in [0.15, 0.2) is 35.5 Å². The minimum atomic E-state index is 0.414. The van der Waals surface area contributed by atoms with Gasteiger partial charge in [0.2, 0.25) is 0 Å². The normalized spacial score (nSPS) is 14.3. The van der Waals surface area contributed by atoms with E-state index < -0.39 is 0 Å². The fourth-order valence-corrected chi connectivity index (χ4v) is 0.884. The molecule has 0 radical (unpaired) electrons.